The van der Waals surface area contributed by atoms with E-state index >= 15 is 0 Å². The topological polar surface area (TPSA) is 58.2 Å². The van der Waals surface area contributed by atoms with Crippen LogP contribution in [-0.4, -0.2) is 17.9 Å². The Labute approximate surface area is 104 Å². The molecule has 0 bridgehead atoms. The molecule has 1 aromatic carbocycles. The Morgan fingerprint density at radius 2 is 2.12 bits per heavy atom. The van der Waals surface area contributed by atoms with E-state index in [-0.39, 0.29) is 17.9 Å². The molecule has 90 valence electrons. The van der Waals surface area contributed by atoms with Crippen LogP contribution in [-0.2, 0) is 16.1 Å². The van der Waals surface area contributed by atoms with E-state index in [1.165, 1.54) is 0 Å². The zero-order valence-electron chi connectivity index (χ0n) is 9.20. The maximum absolute atomic E-state index is 11.7. The molecule has 0 radical (unpaired) electrons. The van der Waals surface area contributed by atoms with Gasteiger partial charge in [-0.2, -0.15) is 0 Å². The van der Waals surface area contributed by atoms with Crippen LogP contribution in [0.25, 0.3) is 0 Å². The average molecular weight is 253 g/mol. The van der Waals surface area contributed by atoms with E-state index in [1.54, 1.807) is 12.1 Å². The molecule has 2 rings (SSSR count). The standard InChI is InChI=1S/C12H13ClN2O2/c13-9-3-1-8(2-4-9)7-14-12(17)10-5-6-11(16)15-10/h1-4,10H,5-7H2,(H,14,17)(H,15,16). The summed E-state index contributed by atoms with van der Waals surface area (Å²) in [6, 6.07) is 6.89. The second-order valence-electron chi connectivity index (χ2n) is 4.00. The number of hydrogen-bond acceptors (Lipinski definition) is 2. The smallest absolute Gasteiger partial charge is 0.242 e. The lowest BCUT2D eigenvalue weighted by molar-refractivity contribution is -0.125. The highest BCUT2D eigenvalue weighted by Gasteiger charge is 2.26. The predicted molar refractivity (Wildman–Crippen MR) is 64.5 cm³/mol. The van der Waals surface area contributed by atoms with E-state index in [0.29, 0.717) is 24.4 Å². The highest BCUT2D eigenvalue weighted by Crippen LogP contribution is 2.10. The highest BCUT2D eigenvalue weighted by molar-refractivity contribution is 6.30. The minimum atomic E-state index is -0.380. The molecule has 0 spiro atoms. The molecule has 4 nitrogen and oxygen atoms in total. The summed E-state index contributed by atoms with van der Waals surface area (Å²) in [4.78, 5) is 22.6. The van der Waals surface area contributed by atoms with Crippen LogP contribution >= 0.6 is 11.6 Å². The zero-order valence-corrected chi connectivity index (χ0v) is 9.96. The van der Waals surface area contributed by atoms with Gasteiger partial charge in [0.05, 0.1) is 0 Å². The maximum Gasteiger partial charge on any atom is 0.242 e. The minimum Gasteiger partial charge on any atom is -0.350 e. The molecular weight excluding hydrogens is 240 g/mol. The largest absolute Gasteiger partial charge is 0.350 e. The van der Waals surface area contributed by atoms with Crippen molar-refractivity contribution in [1.82, 2.24) is 10.6 Å². The summed E-state index contributed by atoms with van der Waals surface area (Å²) in [6.45, 7) is 0.447. The molecule has 5 heteroatoms. The quantitative estimate of drug-likeness (QED) is 0.850. The lowest BCUT2D eigenvalue weighted by Gasteiger charge is -2.10. The molecule has 1 saturated heterocycles. The van der Waals surface area contributed by atoms with E-state index in [1.807, 2.05) is 12.1 Å². The fourth-order valence-corrected chi connectivity index (χ4v) is 1.85. The number of carbonyl (C=O) groups excluding carboxylic acids is 2. The van der Waals surface area contributed by atoms with Crippen molar-refractivity contribution in [1.29, 1.82) is 0 Å². The Bertz CT molecular complexity index is 431. The lowest BCUT2D eigenvalue weighted by Crippen LogP contribution is -2.41. The Kier molecular flexibility index (Phi) is 3.64. The van der Waals surface area contributed by atoms with Crippen molar-refractivity contribution < 1.29 is 9.59 Å². The fraction of sp³-hybridized carbons (Fsp3) is 0.333. The Hall–Kier alpha value is -1.55. The van der Waals surface area contributed by atoms with Crippen LogP contribution in [0.2, 0.25) is 5.02 Å². The zero-order chi connectivity index (χ0) is 12.3. The van der Waals surface area contributed by atoms with Crippen LogP contribution in [0.5, 0.6) is 0 Å². The third-order valence-corrected chi connectivity index (χ3v) is 2.94. The number of carbonyl (C=O) groups is 2. The third kappa shape index (κ3) is 3.20. The number of benzene rings is 1. The van der Waals surface area contributed by atoms with Crippen molar-refractivity contribution >= 4 is 23.4 Å². The van der Waals surface area contributed by atoms with Gasteiger partial charge in [0.2, 0.25) is 11.8 Å². The molecular formula is C12H13ClN2O2. The van der Waals surface area contributed by atoms with Gasteiger partial charge in [-0.3, -0.25) is 9.59 Å². The Morgan fingerprint density at radius 3 is 2.71 bits per heavy atom. The number of halogens is 1. The number of nitrogens with one attached hydrogen (secondary N) is 2. The molecule has 0 saturated carbocycles. The normalized spacial score (nSPS) is 18.9. The summed E-state index contributed by atoms with van der Waals surface area (Å²) in [6.07, 6.45) is 1.00. The molecule has 17 heavy (non-hydrogen) atoms. The summed E-state index contributed by atoms with van der Waals surface area (Å²) in [5.41, 5.74) is 0.979. The van der Waals surface area contributed by atoms with E-state index < -0.39 is 0 Å². The second-order valence-corrected chi connectivity index (χ2v) is 4.44. The first kappa shape index (κ1) is 11.9. The summed E-state index contributed by atoms with van der Waals surface area (Å²) in [5.74, 6) is -0.192. The van der Waals surface area contributed by atoms with Gasteiger partial charge < -0.3 is 10.6 Å². The van der Waals surface area contributed by atoms with Crippen LogP contribution in [0.1, 0.15) is 18.4 Å². The van der Waals surface area contributed by atoms with Crippen LogP contribution in [0.4, 0.5) is 0 Å². The van der Waals surface area contributed by atoms with Crippen LogP contribution in [0.15, 0.2) is 24.3 Å². The first-order valence-electron chi connectivity index (χ1n) is 5.46. The van der Waals surface area contributed by atoms with Crippen molar-refractivity contribution in [2.24, 2.45) is 0 Å². The lowest BCUT2D eigenvalue weighted by atomic mass is 10.2. The van der Waals surface area contributed by atoms with Gasteiger partial charge in [-0.15, -0.1) is 0 Å². The van der Waals surface area contributed by atoms with Crippen molar-refractivity contribution in [3.8, 4) is 0 Å². The van der Waals surface area contributed by atoms with Gasteiger partial charge in [0.1, 0.15) is 6.04 Å². The molecule has 1 atom stereocenters. The molecule has 1 fully saturated rings. The monoisotopic (exact) mass is 252 g/mol. The predicted octanol–water partition coefficient (Wildman–Crippen LogP) is 1.23. The van der Waals surface area contributed by atoms with Gasteiger partial charge in [-0.1, -0.05) is 23.7 Å². The van der Waals surface area contributed by atoms with Gasteiger partial charge in [-0.05, 0) is 24.1 Å². The molecule has 0 aliphatic carbocycles. The van der Waals surface area contributed by atoms with Crippen LogP contribution < -0.4 is 10.6 Å². The van der Waals surface area contributed by atoms with Gasteiger partial charge in [0.15, 0.2) is 0 Å². The molecule has 1 aliphatic rings. The van der Waals surface area contributed by atoms with Crippen molar-refractivity contribution in [3.63, 3.8) is 0 Å². The second kappa shape index (κ2) is 5.19. The van der Waals surface area contributed by atoms with E-state index in [2.05, 4.69) is 10.6 Å². The van der Waals surface area contributed by atoms with Crippen LogP contribution in [0, 0.1) is 0 Å². The van der Waals surface area contributed by atoms with E-state index in [9.17, 15) is 9.59 Å². The molecule has 1 unspecified atom stereocenters. The Morgan fingerprint density at radius 1 is 1.41 bits per heavy atom. The van der Waals surface area contributed by atoms with Crippen molar-refractivity contribution in [2.75, 3.05) is 0 Å². The van der Waals surface area contributed by atoms with Crippen LogP contribution in [0.3, 0.4) is 0 Å². The van der Waals surface area contributed by atoms with E-state index in [4.69, 9.17) is 11.6 Å². The first-order chi connectivity index (χ1) is 8.15. The molecule has 1 aromatic rings. The SMILES string of the molecule is O=C1CCC(C(=O)NCc2ccc(Cl)cc2)N1. The minimum absolute atomic E-state index is 0.0587. The first-order valence-corrected chi connectivity index (χ1v) is 5.84. The summed E-state index contributed by atoms with van der Waals surface area (Å²) in [7, 11) is 0. The summed E-state index contributed by atoms with van der Waals surface area (Å²) < 4.78 is 0. The van der Waals surface area contributed by atoms with Crippen molar-refractivity contribution in [3.05, 3.63) is 34.9 Å². The summed E-state index contributed by atoms with van der Waals surface area (Å²) >= 11 is 5.76. The molecule has 1 heterocycles. The maximum atomic E-state index is 11.7. The van der Waals surface area contributed by atoms with E-state index in [0.717, 1.165) is 5.56 Å². The molecule has 2 amide bonds. The molecule has 1 aliphatic heterocycles. The average Bonchev–Trinajstić information content (AvgIpc) is 2.75. The van der Waals surface area contributed by atoms with Gasteiger partial charge in [0, 0.05) is 18.0 Å². The number of rotatable bonds is 3. The molecule has 0 aromatic heterocycles. The number of hydrogen-bond donors (Lipinski definition) is 2. The van der Waals surface area contributed by atoms with Gasteiger partial charge >= 0.3 is 0 Å². The number of amides is 2. The molecule has 2 N–H and O–H groups in total. The third-order valence-electron chi connectivity index (χ3n) is 2.69. The van der Waals surface area contributed by atoms with Gasteiger partial charge in [0.25, 0.3) is 0 Å². The van der Waals surface area contributed by atoms with Crippen molar-refractivity contribution in [2.45, 2.75) is 25.4 Å². The van der Waals surface area contributed by atoms with Gasteiger partial charge in [-0.25, -0.2) is 0 Å². The Balaban J connectivity index is 1.84. The summed E-state index contributed by atoms with van der Waals surface area (Å²) in [5, 5.41) is 6.08. The fourth-order valence-electron chi connectivity index (χ4n) is 1.73. The highest BCUT2D eigenvalue weighted by atomic mass is 35.5.